The quantitative estimate of drug-likeness (QED) is 0.440. The largest absolute Gasteiger partial charge is 0.724 e. The van der Waals surface area contributed by atoms with Gasteiger partial charge in [0, 0.05) is 13.2 Å². The van der Waals surface area contributed by atoms with Gasteiger partial charge in [-0.2, -0.15) is 0 Å². The van der Waals surface area contributed by atoms with E-state index < -0.39 is 0 Å². The SMILES string of the molecule is CCOCC.[N-]=C=O.[N-]=C=O. The number of hydrogen-bond acceptors (Lipinski definition) is 3. The molecule has 0 N–H and O–H groups in total. The monoisotopic (exact) mass is 158 g/mol. The molecule has 0 spiro atoms. The molecule has 0 saturated carbocycles. The van der Waals surface area contributed by atoms with Crippen molar-refractivity contribution in [2.24, 2.45) is 0 Å². The maximum absolute atomic E-state index is 8.24. The van der Waals surface area contributed by atoms with Gasteiger partial charge in [0.1, 0.15) is 0 Å². The molecule has 0 fully saturated rings. The first-order valence-corrected chi connectivity index (χ1v) is 2.85. The van der Waals surface area contributed by atoms with Crippen LogP contribution in [0.5, 0.6) is 0 Å². The topological polar surface area (TPSA) is 88.0 Å². The van der Waals surface area contributed by atoms with Crippen LogP contribution in [0.2, 0.25) is 0 Å². The van der Waals surface area contributed by atoms with Crippen molar-refractivity contribution in [3.8, 4) is 0 Å². The summed E-state index contributed by atoms with van der Waals surface area (Å²) >= 11 is 0. The van der Waals surface area contributed by atoms with Gasteiger partial charge in [0.05, 0.1) is 0 Å². The van der Waals surface area contributed by atoms with Crippen LogP contribution in [0.1, 0.15) is 13.8 Å². The van der Waals surface area contributed by atoms with Crippen LogP contribution in [0, 0.1) is 0 Å². The third-order valence-electron chi connectivity index (χ3n) is 0.408. The summed E-state index contributed by atoms with van der Waals surface area (Å²) in [7, 11) is 0. The Kier molecular flexibility index (Phi) is 55.9. The molecule has 0 aromatic carbocycles. The average molecular weight is 158 g/mol. The predicted octanol–water partition coefficient (Wildman–Crippen LogP) is 0.826. The summed E-state index contributed by atoms with van der Waals surface area (Å²) in [5, 5.41) is 13.5. The normalized spacial score (nSPS) is 5.27. The van der Waals surface area contributed by atoms with Gasteiger partial charge in [0.2, 0.25) is 0 Å². The number of rotatable bonds is 2. The van der Waals surface area contributed by atoms with Gasteiger partial charge < -0.3 is 15.6 Å². The van der Waals surface area contributed by atoms with E-state index in [-0.39, 0.29) is 0 Å². The number of carbonyl (C=O) groups excluding carboxylic acids is 2. The molecule has 0 saturated heterocycles. The number of hydrogen-bond donors (Lipinski definition) is 0. The van der Waals surface area contributed by atoms with Crippen LogP contribution in [0.15, 0.2) is 0 Å². The van der Waals surface area contributed by atoms with Crippen LogP contribution in [0.4, 0.5) is 0 Å². The average Bonchev–Trinajstić information content (AvgIpc) is 1.92. The molecule has 0 radical (unpaired) electrons. The van der Waals surface area contributed by atoms with Crippen molar-refractivity contribution >= 4 is 12.2 Å². The summed E-state index contributed by atoms with van der Waals surface area (Å²) in [5.41, 5.74) is 0. The van der Waals surface area contributed by atoms with Crippen LogP contribution in [0.25, 0.3) is 10.8 Å². The van der Waals surface area contributed by atoms with Gasteiger partial charge in [-0.05, 0) is 26.0 Å². The van der Waals surface area contributed by atoms with Gasteiger partial charge in [0.25, 0.3) is 0 Å². The second-order valence-corrected chi connectivity index (χ2v) is 0.964. The molecular formula is C6H10N2O3-2. The lowest BCUT2D eigenvalue weighted by atomic mass is 10.8. The van der Waals surface area contributed by atoms with Crippen LogP contribution in [0.3, 0.4) is 0 Å². The van der Waals surface area contributed by atoms with Crippen LogP contribution in [-0.4, -0.2) is 25.4 Å². The highest BCUT2D eigenvalue weighted by Gasteiger charge is 1.64. The van der Waals surface area contributed by atoms with Crippen molar-refractivity contribution in [3.63, 3.8) is 0 Å². The fourth-order valence-corrected chi connectivity index (χ4v) is 0.204. The first-order chi connectivity index (χ1) is 5.24. The molecule has 0 aliphatic carbocycles. The van der Waals surface area contributed by atoms with Gasteiger partial charge in [-0.1, -0.05) is 0 Å². The highest BCUT2D eigenvalue weighted by Crippen LogP contribution is 1.64. The summed E-state index contributed by atoms with van der Waals surface area (Å²) in [4.78, 5) is 16.5. The fourth-order valence-electron chi connectivity index (χ4n) is 0.204. The van der Waals surface area contributed by atoms with Gasteiger partial charge in [-0.25, -0.2) is 0 Å². The lowest BCUT2D eigenvalue weighted by Gasteiger charge is -1.86. The molecule has 0 heterocycles. The molecule has 64 valence electrons. The third-order valence-corrected chi connectivity index (χ3v) is 0.408. The van der Waals surface area contributed by atoms with E-state index in [1.165, 1.54) is 0 Å². The number of ether oxygens (including phenoxy) is 1. The zero-order chi connectivity index (χ0) is 9.54. The van der Waals surface area contributed by atoms with Crippen LogP contribution in [-0.2, 0) is 14.3 Å². The summed E-state index contributed by atoms with van der Waals surface area (Å²) < 4.78 is 4.83. The molecule has 5 nitrogen and oxygen atoms in total. The first-order valence-electron chi connectivity index (χ1n) is 2.85. The van der Waals surface area contributed by atoms with E-state index in [1.807, 2.05) is 13.8 Å². The Morgan fingerprint density at radius 3 is 1.27 bits per heavy atom. The Labute approximate surface area is 65.4 Å². The maximum atomic E-state index is 8.24. The van der Waals surface area contributed by atoms with E-state index in [0.29, 0.717) is 12.2 Å². The van der Waals surface area contributed by atoms with E-state index in [9.17, 15) is 0 Å². The molecular weight excluding hydrogens is 148 g/mol. The Morgan fingerprint density at radius 1 is 1.09 bits per heavy atom. The van der Waals surface area contributed by atoms with Crippen molar-refractivity contribution in [2.45, 2.75) is 13.8 Å². The lowest BCUT2D eigenvalue weighted by Crippen LogP contribution is -1.84. The lowest BCUT2D eigenvalue weighted by molar-refractivity contribution is 0.162. The van der Waals surface area contributed by atoms with E-state index in [2.05, 4.69) is 0 Å². The smallest absolute Gasteiger partial charge is 0.0437 e. The Balaban J connectivity index is -0.0000000933. The van der Waals surface area contributed by atoms with Crippen LogP contribution < -0.4 is 0 Å². The summed E-state index contributed by atoms with van der Waals surface area (Å²) in [6, 6.07) is 0. The summed E-state index contributed by atoms with van der Waals surface area (Å²) in [6.45, 7) is 5.67. The molecule has 5 heteroatoms. The van der Waals surface area contributed by atoms with Gasteiger partial charge in [-0.15, -0.1) is 0 Å². The van der Waals surface area contributed by atoms with Gasteiger partial charge in [0.15, 0.2) is 0 Å². The molecule has 11 heavy (non-hydrogen) atoms. The molecule has 0 bridgehead atoms. The number of nitrogens with zero attached hydrogens (tertiary/aromatic N) is 2. The standard InChI is InChI=1S/C4H10O.2CNO/c1-3-5-4-2;2*2-1-3/h3-4H2,1-2H3;;/q;2*-1. The van der Waals surface area contributed by atoms with Crippen molar-refractivity contribution in [1.29, 1.82) is 0 Å². The minimum Gasteiger partial charge on any atom is -0.724 e. The van der Waals surface area contributed by atoms with Gasteiger partial charge >= 0.3 is 0 Å². The molecule has 0 aromatic rings. The van der Waals surface area contributed by atoms with E-state index in [4.69, 9.17) is 25.1 Å². The van der Waals surface area contributed by atoms with Crippen molar-refractivity contribution in [3.05, 3.63) is 10.8 Å². The zero-order valence-electron chi connectivity index (χ0n) is 6.53. The summed E-state index contributed by atoms with van der Waals surface area (Å²) in [6.07, 6.45) is 1.00. The van der Waals surface area contributed by atoms with Crippen molar-refractivity contribution in [2.75, 3.05) is 13.2 Å². The highest BCUT2D eigenvalue weighted by molar-refractivity contribution is 5.37. The molecule has 0 aromatic heterocycles. The maximum Gasteiger partial charge on any atom is 0.0437 e. The van der Waals surface area contributed by atoms with E-state index in [1.54, 1.807) is 0 Å². The zero-order valence-corrected chi connectivity index (χ0v) is 6.53. The minimum absolute atomic E-state index is 0.500. The van der Waals surface area contributed by atoms with Gasteiger partial charge in [-0.3, -0.25) is 9.59 Å². The first kappa shape index (κ1) is 16.4. The molecule has 0 rings (SSSR count). The summed E-state index contributed by atoms with van der Waals surface area (Å²) in [5.74, 6) is 0. The van der Waals surface area contributed by atoms with E-state index in [0.717, 1.165) is 13.2 Å². The van der Waals surface area contributed by atoms with Crippen molar-refractivity contribution in [1.82, 2.24) is 0 Å². The van der Waals surface area contributed by atoms with Crippen molar-refractivity contribution < 1.29 is 14.3 Å². The second-order valence-electron chi connectivity index (χ2n) is 0.964. The fraction of sp³-hybridized carbons (Fsp3) is 0.667. The molecule has 0 atom stereocenters. The Hall–Kier alpha value is -1.28. The molecule has 0 amide bonds. The molecule has 0 aliphatic rings. The highest BCUT2D eigenvalue weighted by atomic mass is 16.5. The predicted molar refractivity (Wildman–Crippen MR) is 40.3 cm³/mol. The Bertz CT molecular complexity index is 99.0. The molecule has 0 unspecified atom stereocenters. The Morgan fingerprint density at radius 2 is 1.27 bits per heavy atom. The van der Waals surface area contributed by atoms with Crippen LogP contribution >= 0.6 is 0 Å². The second kappa shape index (κ2) is 37.6. The minimum atomic E-state index is 0.500. The van der Waals surface area contributed by atoms with E-state index >= 15 is 0 Å². The molecule has 0 aliphatic heterocycles. The third kappa shape index (κ3) is 760. The number of isocyanates is 2.